The number of hydrogen-bond donors (Lipinski definition) is 0. The molecule has 0 heteroatoms. The molecule has 0 aliphatic heterocycles. The van der Waals surface area contributed by atoms with E-state index in [0.29, 0.717) is 0 Å². The van der Waals surface area contributed by atoms with E-state index in [4.69, 9.17) is 0 Å². The summed E-state index contributed by atoms with van der Waals surface area (Å²) in [7, 11) is 0. The summed E-state index contributed by atoms with van der Waals surface area (Å²) >= 11 is 0. The standard InChI is InChI=1S/C27H46/c1-8-14-24(4)19-12-20-25(5)16-9-10-17-26(6)21-13-22-27(7)18-11-15-23(2)3/h12,15-17,19-20,27H,8-11,13-14,18,21-22H2,1-7H3. The quantitative estimate of drug-likeness (QED) is 0.162. The highest BCUT2D eigenvalue weighted by Gasteiger charge is 2.01. The van der Waals surface area contributed by atoms with Gasteiger partial charge in [-0.2, -0.15) is 0 Å². The first-order valence-electron chi connectivity index (χ1n) is 11.1. The Morgan fingerprint density at radius 3 is 2.15 bits per heavy atom. The highest BCUT2D eigenvalue weighted by molar-refractivity contribution is 5.22. The zero-order valence-electron chi connectivity index (χ0n) is 19.4. The van der Waals surface area contributed by atoms with Gasteiger partial charge >= 0.3 is 0 Å². The van der Waals surface area contributed by atoms with Crippen molar-refractivity contribution in [2.75, 3.05) is 0 Å². The van der Waals surface area contributed by atoms with Gasteiger partial charge in [-0.25, -0.2) is 0 Å². The summed E-state index contributed by atoms with van der Waals surface area (Å²) in [6.07, 6.45) is 25.1. The first-order chi connectivity index (χ1) is 12.8. The summed E-state index contributed by atoms with van der Waals surface area (Å²) < 4.78 is 0. The van der Waals surface area contributed by atoms with Gasteiger partial charge in [0.1, 0.15) is 0 Å². The van der Waals surface area contributed by atoms with Crippen LogP contribution in [-0.4, -0.2) is 0 Å². The van der Waals surface area contributed by atoms with Crippen LogP contribution in [0.1, 0.15) is 106 Å². The summed E-state index contributed by atoms with van der Waals surface area (Å²) in [5, 5.41) is 0. The van der Waals surface area contributed by atoms with E-state index in [1.165, 1.54) is 61.7 Å². The van der Waals surface area contributed by atoms with Crippen LogP contribution in [-0.2, 0) is 0 Å². The summed E-state index contributed by atoms with van der Waals surface area (Å²) in [5.74, 6) is 0.848. The molecule has 0 saturated carbocycles. The van der Waals surface area contributed by atoms with Gasteiger partial charge < -0.3 is 0 Å². The van der Waals surface area contributed by atoms with E-state index in [0.717, 1.165) is 18.8 Å². The minimum atomic E-state index is 0.848. The largest absolute Gasteiger partial charge is 0.0859 e. The lowest BCUT2D eigenvalue weighted by molar-refractivity contribution is 0.478. The van der Waals surface area contributed by atoms with E-state index in [-0.39, 0.29) is 0 Å². The maximum absolute atomic E-state index is 2.44. The minimum absolute atomic E-state index is 0.848. The van der Waals surface area contributed by atoms with Crippen molar-refractivity contribution in [3.05, 3.63) is 58.7 Å². The van der Waals surface area contributed by atoms with E-state index >= 15 is 0 Å². The maximum Gasteiger partial charge on any atom is -0.0310 e. The third-order valence-electron chi connectivity index (χ3n) is 4.99. The predicted octanol–water partition coefficient (Wildman–Crippen LogP) is 9.51. The van der Waals surface area contributed by atoms with Crippen molar-refractivity contribution < 1.29 is 0 Å². The van der Waals surface area contributed by atoms with Crippen molar-refractivity contribution in [2.24, 2.45) is 5.92 Å². The van der Waals surface area contributed by atoms with E-state index in [9.17, 15) is 0 Å². The molecule has 0 bridgehead atoms. The molecule has 0 aromatic rings. The van der Waals surface area contributed by atoms with Gasteiger partial charge in [-0.05, 0) is 85.5 Å². The Kier molecular flexibility index (Phi) is 16.0. The van der Waals surface area contributed by atoms with Crippen LogP contribution in [0.25, 0.3) is 0 Å². The van der Waals surface area contributed by atoms with Crippen molar-refractivity contribution in [1.82, 2.24) is 0 Å². The monoisotopic (exact) mass is 370 g/mol. The molecule has 1 atom stereocenters. The number of hydrogen-bond acceptors (Lipinski definition) is 0. The van der Waals surface area contributed by atoms with Crippen LogP contribution in [0.2, 0.25) is 0 Å². The fourth-order valence-electron chi connectivity index (χ4n) is 3.18. The van der Waals surface area contributed by atoms with Gasteiger partial charge in [0.15, 0.2) is 0 Å². The van der Waals surface area contributed by atoms with Gasteiger partial charge in [-0.1, -0.05) is 85.4 Å². The Bertz CT molecular complexity index is 518. The molecule has 0 spiro atoms. The Labute approximate surface area is 171 Å². The maximum atomic E-state index is 2.44. The van der Waals surface area contributed by atoms with E-state index < -0.39 is 0 Å². The van der Waals surface area contributed by atoms with Crippen molar-refractivity contribution >= 4 is 0 Å². The number of rotatable bonds is 14. The Balaban J connectivity index is 3.99. The summed E-state index contributed by atoms with van der Waals surface area (Å²) in [5.41, 5.74) is 5.84. The predicted molar refractivity (Wildman–Crippen MR) is 126 cm³/mol. The van der Waals surface area contributed by atoms with Crippen LogP contribution < -0.4 is 0 Å². The van der Waals surface area contributed by atoms with Crippen molar-refractivity contribution in [3.8, 4) is 0 Å². The van der Waals surface area contributed by atoms with Crippen LogP contribution >= 0.6 is 0 Å². The lowest BCUT2D eigenvalue weighted by Gasteiger charge is -2.10. The first kappa shape index (κ1) is 25.7. The molecule has 154 valence electrons. The third-order valence-corrected chi connectivity index (χ3v) is 4.99. The van der Waals surface area contributed by atoms with E-state index in [2.05, 4.69) is 84.9 Å². The molecule has 0 aromatic heterocycles. The second-order valence-corrected chi connectivity index (χ2v) is 8.55. The summed E-state index contributed by atoms with van der Waals surface area (Å²) in [6, 6.07) is 0. The Hall–Kier alpha value is -1.30. The Morgan fingerprint density at radius 1 is 0.778 bits per heavy atom. The van der Waals surface area contributed by atoms with Crippen molar-refractivity contribution in [1.29, 1.82) is 0 Å². The summed E-state index contributed by atoms with van der Waals surface area (Å²) in [4.78, 5) is 0. The lowest BCUT2D eigenvalue weighted by atomic mass is 9.96. The molecule has 0 nitrogen and oxygen atoms in total. The van der Waals surface area contributed by atoms with Crippen LogP contribution in [0.15, 0.2) is 58.7 Å². The first-order valence-corrected chi connectivity index (χ1v) is 11.1. The number of allylic oxidation sites excluding steroid dienone is 10. The molecule has 27 heavy (non-hydrogen) atoms. The molecule has 0 radical (unpaired) electrons. The molecule has 0 amide bonds. The van der Waals surface area contributed by atoms with Gasteiger partial charge in [0, 0.05) is 0 Å². The topological polar surface area (TPSA) is 0 Å². The van der Waals surface area contributed by atoms with E-state index in [1.54, 1.807) is 5.57 Å². The molecule has 0 fully saturated rings. The smallest absolute Gasteiger partial charge is 0.0310 e. The van der Waals surface area contributed by atoms with Gasteiger partial charge in [0.05, 0.1) is 0 Å². The molecule has 1 unspecified atom stereocenters. The molecule has 0 N–H and O–H groups in total. The molecule has 0 aromatic carbocycles. The second kappa shape index (κ2) is 16.8. The van der Waals surface area contributed by atoms with Crippen molar-refractivity contribution in [3.63, 3.8) is 0 Å². The third kappa shape index (κ3) is 17.9. The zero-order chi connectivity index (χ0) is 20.5. The van der Waals surface area contributed by atoms with Crippen LogP contribution in [0, 0.1) is 5.92 Å². The molecule has 0 aliphatic carbocycles. The van der Waals surface area contributed by atoms with Crippen LogP contribution in [0.3, 0.4) is 0 Å². The second-order valence-electron chi connectivity index (χ2n) is 8.55. The fourth-order valence-corrected chi connectivity index (χ4v) is 3.18. The van der Waals surface area contributed by atoms with Crippen molar-refractivity contribution in [2.45, 2.75) is 106 Å². The molecular weight excluding hydrogens is 324 g/mol. The van der Waals surface area contributed by atoms with Gasteiger partial charge in [-0.15, -0.1) is 0 Å². The lowest BCUT2D eigenvalue weighted by Crippen LogP contribution is -1.94. The van der Waals surface area contributed by atoms with Crippen LogP contribution in [0.4, 0.5) is 0 Å². The fraction of sp³-hybridized carbons (Fsp3) is 0.630. The highest BCUT2D eigenvalue weighted by Crippen LogP contribution is 2.18. The normalized spacial score (nSPS) is 14.7. The van der Waals surface area contributed by atoms with Gasteiger partial charge in [0.25, 0.3) is 0 Å². The van der Waals surface area contributed by atoms with Gasteiger partial charge in [0.2, 0.25) is 0 Å². The average Bonchev–Trinajstić information content (AvgIpc) is 2.58. The minimum Gasteiger partial charge on any atom is -0.0859 e. The van der Waals surface area contributed by atoms with Gasteiger partial charge in [-0.3, -0.25) is 0 Å². The SMILES string of the molecule is CCCC(C)=CC=CC(C)=CCCC=C(C)CCCC(C)CCC=C(C)C. The molecule has 0 rings (SSSR count). The summed E-state index contributed by atoms with van der Waals surface area (Å²) in [6.45, 7) is 15.7. The van der Waals surface area contributed by atoms with Crippen LogP contribution in [0.5, 0.6) is 0 Å². The average molecular weight is 371 g/mol. The molecule has 0 aliphatic rings. The number of unbranched alkanes of at least 4 members (excludes halogenated alkanes) is 1. The highest BCUT2D eigenvalue weighted by atomic mass is 14.1. The molecular formula is C27H46. The Morgan fingerprint density at radius 2 is 1.48 bits per heavy atom. The zero-order valence-corrected chi connectivity index (χ0v) is 19.4. The molecule has 0 heterocycles. The van der Waals surface area contributed by atoms with E-state index in [1.807, 2.05) is 0 Å². The molecule has 0 saturated heterocycles.